The molecule has 0 saturated carbocycles. The first-order valence-corrected chi connectivity index (χ1v) is 7.45. The molecular formula is C16H24N2OS. The minimum atomic E-state index is -0.449. The monoisotopic (exact) mass is 292 g/mol. The molecule has 110 valence electrons. The third-order valence-corrected chi connectivity index (χ3v) is 3.14. The number of aryl methyl sites for hydroxylation is 1. The zero-order chi connectivity index (χ0) is 15.2. The van der Waals surface area contributed by atoms with Crippen LogP contribution in [0, 0.1) is 5.41 Å². The molecule has 1 rings (SSSR count). The van der Waals surface area contributed by atoms with E-state index in [1.165, 1.54) is 18.4 Å². The number of benzene rings is 1. The number of unbranched alkanes of at least 4 members (excludes halogenated alkanes) is 1. The normalized spacial score (nSPS) is 11.0. The maximum atomic E-state index is 11.8. The summed E-state index contributed by atoms with van der Waals surface area (Å²) in [6.45, 7) is 7.75. The van der Waals surface area contributed by atoms with Crippen molar-refractivity contribution in [1.82, 2.24) is 5.32 Å². The summed E-state index contributed by atoms with van der Waals surface area (Å²) in [7, 11) is 0. The van der Waals surface area contributed by atoms with Crippen LogP contribution in [0.4, 0.5) is 5.69 Å². The lowest BCUT2D eigenvalue weighted by atomic mass is 9.96. The maximum Gasteiger partial charge on any atom is 0.231 e. The Kier molecular flexibility index (Phi) is 6.14. The first-order chi connectivity index (χ1) is 9.32. The summed E-state index contributed by atoms with van der Waals surface area (Å²) < 4.78 is 0. The topological polar surface area (TPSA) is 41.1 Å². The van der Waals surface area contributed by atoms with Gasteiger partial charge in [-0.2, -0.15) is 0 Å². The maximum absolute atomic E-state index is 11.8. The van der Waals surface area contributed by atoms with E-state index in [0.717, 1.165) is 12.1 Å². The third kappa shape index (κ3) is 5.70. The second-order valence-electron chi connectivity index (χ2n) is 5.96. The first kappa shape index (κ1) is 16.6. The van der Waals surface area contributed by atoms with E-state index in [9.17, 15) is 4.79 Å². The third-order valence-electron chi connectivity index (χ3n) is 2.94. The first-order valence-electron chi connectivity index (χ1n) is 7.04. The fraction of sp³-hybridized carbons (Fsp3) is 0.500. The zero-order valence-electron chi connectivity index (χ0n) is 12.7. The van der Waals surface area contributed by atoms with E-state index in [1.807, 2.05) is 32.9 Å². The molecule has 0 aromatic heterocycles. The molecule has 0 aliphatic rings. The Morgan fingerprint density at radius 1 is 1.20 bits per heavy atom. The van der Waals surface area contributed by atoms with Gasteiger partial charge in [0.25, 0.3) is 0 Å². The van der Waals surface area contributed by atoms with Crippen molar-refractivity contribution >= 4 is 28.9 Å². The second-order valence-corrected chi connectivity index (χ2v) is 6.37. The Bertz CT molecular complexity index is 460. The fourth-order valence-electron chi connectivity index (χ4n) is 1.59. The van der Waals surface area contributed by atoms with Crippen molar-refractivity contribution in [2.45, 2.75) is 47.0 Å². The van der Waals surface area contributed by atoms with Gasteiger partial charge in [0.2, 0.25) is 5.91 Å². The number of hydrogen-bond acceptors (Lipinski definition) is 2. The largest absolute Gasteiger partial charge is 0.332 e. The molecule has 0 heterocycles. The lowest BCUT2D eigenvalue weighted by molar-refractivity contribution is -0.126. The van der Waals surface area contributed by atoms with Gasteiger partial charge >= 0.3 is 0 Å². The molecule has 0 fully saturated rings. The summed E-state index contributed by atoms with van der Waals surface area (Å²) >= 11 is 5.14. The molecule has 20 heavy (non-hydrogen) atoms. The van der Waals surface area contributed by atoms with Crippen LogP contribution in [-0.4, -0.2) is 11.0 Å². The molecule has 4 heteroatoms. The summed E-state index contributed by atoms with van der Waals surface area (Å²) in [5.74, 6) is -0.0884. The van der Waals surface area contributed by atoms with Crippen molar-refractivity contribution in [1.29, 1.82) is 0 Å². The van der Waals surface area contributed by atoms with Crippen LogP contribution >= 0.6 is 12.2 Å². The molecule has 1 aromatic carbocycles. The molecule has 3 nitrogen and oxygen atoms in total. The molecule has 0 unspecified atom stereocenters. The molecular weight excluding hydrogens is 268 g/mol. The number of nitrogens with one attached hydrogen (secondary N) is 2. The van der Waals surface area contributed by atoms with Gasteiger partial charge in [0, 0.05) is 11.1 Å². The minimum absolute atomic E-state index is 0.0884. The highest BCUT2D eigenvalue weighted by Gasteiger charge is 2.21. The average Bonchev–Trinajstić information content (AvgIpc) is 2.36. The van der Waals surface area contributed by atoms with E-state index >= 15 is 0 Å². The van der Waals surface area contributed by atoms with Gasteiger partial charge in [-0.3, -0.25) is 4.79 Å². The molecule has 1 amide bonds. The van der Waals surface area contributed by atoms with Crippen molar-refractivity contribution in [2.24, 2.45) is 5.41 Å². The van der Waals surface area contributed by atoms with Gasteiger partial charge in [-0.15, -0.1) is 0 Å². The predicted molar refractivity (Wildman–Crippen MR) is 88.9 cm³/mol. The van der Waals surface area contributed by atoms with E-state index < -0.39 is 5.41 Å². The molecule has 0 bridgehead atoms. The fourth-order valence-corrected chi connectivity index (χ4v) is 1.80. The SMILES string of the molecule is CCCCc1ccc(NC(=S)NC(=O)C(C)(C)C)cc1. The summed E-state index contributed by atoms with van der Waals surface area (Å²) in [6, 6.07) is 8.15. The number of rotatable bonds is 4. The van der Waals surface area contributed by atoms with Crippen molar-refractivity contribution in [3.63, 3.8) is 0 Å². The number of carbonyl (C=O) groups excluding carboxylic acids is 1. The molecule has 0 aliphatic carbocycles. The average molecular weight is 292 g/mol. The number of anilines is 1. The minimum Gasteiger partial charge on any atom is -0.332 e. The van der Waals surface area contributed by atoms with E-state index in [4.69, 9.17) is 12.2 Å². The van der Waals surface area contributed by atoms with E-state index in [0.29, 0.717) is 5.11 Å². The van der Waals surface area contributed by atoms with E-state index in [-0.39, 0.29) is 5.91 Å². The lowest BCUT2D eigenvalue weighted by Gasteiger charge is -2.18. The van der Waals surface area contributed by atoms with Crippen LogP contribution < -0.4 is 10.6 Å². The molecule has 0 spiro atoms. The van der Waals surface area contributed by atoms with Gasteiger partial charge in [0.15, 0.2) is 5.11 Å². The molecule has 0 radical (unpaired) electrons. The molecule has 2 N–H and O–H groups in total. The van der Waals surface area contributed by atoms with Crippen molar-refractivity contribution in [3.05, 3.63) is 29.8 Å². The van der Waals surface area contributed by atoms with Gasteiger partial charge in [0.1, 0.15) is 0 Å². The van der Waals surface area contributed by atoms with Crippen LogP contribution in [0.15, 0.2) is 24.3 Å². The van der Waals surface area contributed by atoms with E-state index in [2.05, 4.69) is 29.7 Å². The van der Waals surface area contributed by atoms with Crippen LogP contribution in [0.2, 0.25) is 0 Å². The summed E-state index contributed by atoms with van der Waals surface area (Å²) in [6.07, 6.45) is 3.50. The number of thiocarbonyl (C=S) groups is 1. The van der Waals surface area contributed by atoms with Crippen LogP contribution in [0.3, 0.4) is 0 Å². The van der Waals surface area contributed by atoms with Crippen LogP contribution in [-0.2, 0) is 11.2 Å². The number of amides is 1. The number of hydrogen-bond donors (Lipinski definition) is 2. The van der Waals surface area contributed by atoms with Gasteiger partial charge in [0.05, 0.1) is 0 Å². The Morgan fingerprint density at radius 3 is 2.30 bits per heavy atom. The van der Waals surface area contributed by atoms with Gasteiger partial charge in [-0.1, -0.05) is 46.2 Å². The molecule has 1 aromatic rings. The summed E-state index contributed by atoms with van der Waals surface area (Å²) in [5, 5.41) is 6.07. The zero-order valence-corrected chi connectivity index (χ0v) is 13.6. The van der Waals surface area contributed by atoms with Crippen molar-refractivity contribution < 1.29 is 4.79 Å². The smallest absolute Gasteiger partial charge is 0.231 e. The van der Waals surface area contributed by atoms with Crippen molar-refractivity contribution in [3.8, 4) is 0 Å². The van der Waals surface area contributed by atoms with Gasteiger partial charge in [-0.05, 0) is 42.8 Å². The highest BCUT2D eigenvalue weighted by atomic mass is 32.1. The Labute approximate surface area is 127 Å². The van der Waals surface area contributed by atoms with Crippen LogP contribution in [0.5, 0.6) is 0 Å². The highest BCUT2D eigenvalue weighted by molar-refractivity contribution is 7.80. The van der Waals surface area contributed by atoms with Gasteiger partial charge in [-0.25, -0.2) is 0 Å². The highest BCUT2D eigenvalue weighted by Crippen LogP contribution is 2.14. The summed E-state index contributed by atoms with van der Waals surface area (Å²) in [5.41, 5.74) is 1.77. The van der Waals surface area contributed by atoms with Crippen LogP contribution in [0.25, 0.3) is 0 Å². The Morgan fingerprint density at radius 2 is 1.80 bits per heavy atom. The van der Waals surface area contributed by atoms with Crippen LogP contribution in [0.1, 0.15) is 46.1 Å². The lowest BCUT2D eigenvalue weighted by Crippen LogP contribution is -2.41. The quantitative estimate of drug-likeness (QED) is 0.827. The predicted octanol–water partition coefficient (Wildman–Crippen LogP) is 3.89. The second kappa shape index (κ2) is 7.39. The molecule has 0 atom stereocenters. The number of carbonyl (C=O) groups is 1. The Hall–Kier alpha value is -1.42. The standard InChI is InChI=1S/C16H24N2OS/c1-5-6-7-12-8-10-13(11-9-12)17-15(20)18-14(19)16(2,3)4/h8-11H,5-7H2,1-4H3,(H2,17,18,19,20). The molecule has 0 aliphatic heterocycles. The molecule has 0 saturated heterocycles. The Balaban J connectivity index is 2.52. The van der Waals surface area contributed by atoms with E-state index in [1.54, 1.807) is 0 Å². The van der Waals surface area contributed by atoms with Crippen molar-refractivity contribution in [2.75, 3.05) is 5.32 Å². The van der Waals surface area contributed by atoms with Gasteiger partial charge < -0.3 is 10.6 Å². The summed E-state index contributed by atoms with van der Waals surface area (Å²) in [4.78, 5) is 11.8.